The van der Waals surface area contributed by atoms with Gasteiger partial charge in [-0.2, -0.15) is 0 Å². The average Bonchev–Trinajstić information content (AvgIpc) is 2.94. The van der Waals surface area contributed by atoms with Gasteiger partial charge in [0.25, 0.3) is 5.91 Å². The Morgan fingerprint density at radius 3 is 2.41 bits per heavy atom. The minimum Gasteiger partial charge on any atom is -0.444 e. The van der Waals surface area contributed by atoms with Gasteiger partial charge in [-0.25, -0.2) is 0 Å². The van der Waals surface area contributed by atoms with Gasteiger partial charge in [-0.3, -0.25) is 4.79 Å². The number of carbonyl (C=O) groups excluding carboxylic acids is 1. The lowest BCUT2D eigenvalue weighted by Crippen LogP contribution is -2.34. The van der Waals surface area contributed by atoms with Gasteiger partial charge in [-0.1, -0.05) is 31.2 Å². The molecule has 118 valence electrons. The zero-order valence-corrected chi connectivity index (χ0v) is 14.7. The zero-order chi connectivity index (χ0) is 16.1. The number of likely N-dealkylation sites (N-methyl/N-ethyl adjacent to an activating group) is 1. The molecule has 2 aromatic rings. The van der Waals surface area contributed by atoms with Crippen LogP contribution >= 0.6 is 15.9 Å². The molecule has 2 rings (SSSR count). The van der Waals surface area contributed by atoms with Crippen molar-refractivity contribution in [2.45, 2.75) is 19.4 Å². The van der Waals surface area contributed by atoms with Crippen molar-refractivity contribution in [2.24, 2.45) is 0 Å². The Hall–Kier alpha value is -1.59. The third-order valence-corrected chi connectivity index (χ3v) is 4.08. The molecule has 1 atom stereocenters. The molecule has 1 amide bonds. The third-order valence-electron chi connectivity index (χ3n) is 3.65. The Balaban J connectivity index is 2.03. The van der Waals surface area contributed by atoms with Crippen LogP contribution in [-0.4, -0.2) is 31.4 Å². The van der Waals surface area contributed by atoms with Crippen molar-refractivity contribution in [3.63, 3.8) is 0 Å². The molecule has 0 aliphatic carbocycles. The second-order valence-corrected chi connectivity index (χ2v) is 6.17. The number of aryl methyl sites for hydroxylation is 1. The quantitative estimate of drug-likeness (QED) is 0.850. The molecule has 4 nitrogen and oxygen atoms in total. The number of hydrogen-bond acceptors (Lipinski definition) is 3. The first-order valence-electron chi connectivity index (χ1n) is 7.30. The van der Waals surface area contributed by atoms with Crippen LogP contribution in [-0.2, 0) is 6.42 Å². The molecular formula is C17H21BrN2O2. The molecule has 0 radical (unpaired) electrons. The summed E-state index contributed by atoms with van der Waals surface area (Å²) in [5.74, 6) is 0.105. The third kappa shape index (κ3) is 4.21. The fourth-order valence-electron chi connectivity index (χ4n) is 2.29. The van der Waals surface area contributed by atoms with Gasteiger partial charge in [0, 0.05) is 6.54 Å². The minimum atomic E-state index is -0.206. The smallest absolute Gasteiger partial charge is 0.287 e. The van der Waals surface area contributed by atoms with E-state index >= 15 is 0 Å². The summed E-state index contributed by atoms with van der Waals surface area (Å²) in [7, 11) is 4.02. The second kappa shape index (κ2) is 7.61. The molecule has 0 saturated heterocycles. The summed E-state index contributed by atoms with van der Waals surface area (Å²) in [6.07, 6.45) is 1.02. The van der Waals surface area contributed by atoms with E-state index in [0.717, 1.165) is 6.42 Å². The van der Waals surface area contributed by atoms with E-state index in [1.54, 1.807) is 12.1 Å². The summed E-state index contributed by atoms with van der Waals surface area (Å²) in [6.45, 7) is 2.66. The fraction of sp³-hybridized carbons (Fsp3) is 0.353. The van der Waals surface area contributed by atoms with E-state index in [9.17, 15) is 4.79 Å². The molecule has 0 fully saturated rings. The van der Waals surface area contributed by atoms with Crippen LogP contribution in [0.2, 0.25) is 0 Å². The van der Waals surface area contributed by atoms with E-state index in [2.05, 4.69) is 57.3 Å². The van der Waals surface area contributed by atoms with Crippen molar-refractivity contribution in [1.82, 2.24) is 10.2 Å². The van der Waals surface area contributed by atoms with Gasteiger partial charge in [0.1, 0.15) is 0 Å². The number of nitrogens with zero attached hydrogens (tertiary/aromatic N) is 1. The molecule has 1 aromatic carbocycles. The molecule has 1 unspecified atom stereocenters. The molecule has 0 aliphatic rings. The van der Waals surface area contributed by atoms with Crippen molar-refractivity contribution in [3.8, 4) is 0 Å². The van der Waals surface area contributed by atoms with Crippen molar-refractivity contribution in [2.75, 3.05) is 20.6 Å². The second-order valence-electron chi connectivity index (χ2n) is 5.39. The number of rotatable bonds is 6. The van der Waals surface area contributed by atoms with E-state index in [4.69, 9.17) is 4.42 Å². The lowest BCUT2D eigenvalue weighted by Gasteiger charge is -2.25. The number of furan rings is 1. The van der Waals surface area contributed by atoms with Crippen LogP contribution in [0.5, 0.6) is 0 Å². The van der Waals surface area contributed by atoms with Gasteiger partial charge in [0.15, 0.2) is 10.4 Å². The maximum absolute atomic E-state index is 12.1. The molecule has 22 heavy (non-hydrogen) atoms. The molecule has 0 bridgehead atoms. The first kappa shape index (κ1) is 16.8. The van der Waals surface area contributed by atoms with Gasteiger partial charge >= 0.3 is 0 Å². The maximum Gasteiger partial charge on any atom is 0.287 e. The Morgan fingerprint density at radius 2 is 1.91 bits per heavy atom. The lowest BCUT2D eigenvalue weighted by molar-refractivity contribution is 0.0913. The summed E-state index contributed by atoms with van der Waals surface area (Å²) in [5, 5.41) is 2.93. The summed E-state index contributed by atoms with van der Waals surface area (Å²) in [5.41, 5.74) is 2.49. The topological polar surface area (TPSA) is 45.5 Å². The van der Waals surface area contributed by atoms with Crippen LogP contribution in [0.15, 0.2) is 45.5 Å². The summed E-state index contributed by atoms with van der Waals surface area (Å²) in [6, 6.07) is 12.0. The molecular weight excluding hydrogens is 344 g/mol. The highest BCUT2D eigenvalue weighted by molar-refractivity contribution is 9.10. The van der Waals surface area contributed by atoms with Crippen LogP contribution in [0.25, 0.3) is 0 Å². The van der Waals surface area contributed by atoms with Gasteiger partial charge in [0.05, 0.1) is 6.04 Å². The van der Waals surface area contributed by atoms with Gasteiger partial charge in [-0.05, 0) is 59.7 Å². The van der Waals surface area contributed by atoms with Gasteiger partial charge in [0.2, 0.25) is 0 Å². The van der Waals surface area contributed by atoms with Crippen molar-refractivity contribution in [1.29, 1.82) is 0 Å². The summed E-state index contributed by atoms with van der Waals surface area (Å²) in [4.78, 5) is 14.2. The normalized spacial score (nSPS) is 12.4. The molecule has 0 spiro atoms. The molecule has 0 saturated carbocycles. The van der Waals surface area contributed by atoms with Gasteiger partial charge < -0.3 is 14.6 Å². The van der Waals surface area contributed by atoms with Crippen molar-refractivity contribution in [3.05, 3.63) is 58.0 Å². The van der Waals surface area contributed by atoms with E-state index in [-0.39, 0.29) is 11.9 Å². The SMILES string of the molecule is CCc1ccc(C(CNC(=O)c2ccc(Br)o2)N(C)C)cc1. The van der Waals surface area contributed by atoms with E-state index in [1.807, 2.05) is 14.1 Å². The molecule has 1 aromatic heterocycles. The van der Waals surface area contributed by atoms with Crippen LogP contribution < -0.4 is 5.32 Å². The Labute approximate surface area is 139 Å². The van der Waals surface area contributed by atoms with Crippen LogP contribution in [0, 0.1) is 0 Å². The lowest BCUT2D eigenvalue weighted by atomic mass is 10.0. The highest BCUT2D eigenvalue weighted by Gasteiger charge is 2.17. The average molecular weight is 365 g/mol. The monoisotopic (exact) mass is 364 g/mol. The molecule has 1 N–H and O–H groups in total. The maximum atomic E-state index is 12.1. The van der Waals surface area contributed by atoms with Crippen molar-refractivity contribution < 1.29 is 9.21 Å². The summed E-state index contributed by atoms with van der Waals surface area (Å²) >= 11 is 3.20. The summed E-state index contributed by atoms with van der Waals surface area (Å²) < 4.78 is 5.82. The Morgan fingerprint density at radius 1 is 1.23 bits per heavy atom. The zero-order valence-electron chi connectivity index (χ0n) is 13.1. The fourth-order valence-corrected chi connectivity index (χ4v) is 2.59. The Kier molecular flexibility index (Phi) is 5.80. The van der Waals surface area contributed by atoms with Crippen LogP contribution in [0.3, 0.4) is 0 Å². The largest absolute Gasteiger partial charge is 0.444 e. The molecule has 1 heterocycles. The standard InChI is InChI=1S/C17H21BrN2O2/c1-4-12-5-7-13(8-6-12)14(20(2)3)11-19-17(21)15-9-10-16(18)22-15/h5-10,14H,4,11H2,1-3H3,(H,19,21). The number of halogens is 1. The predicted molar refractivity (Wildman–Crippen MR) is 91.0 cm³/mol. The predicted octanol–water partition coefficient (Wildman–Crippen LogP) is 3.64. The Bertz CT molecular complexity index is 620. The number of hydrogen-bond donors (Lipinski definition) is 1. The van der Waals surface area contributed by atoms with Crippen LogP contribution in [0.4, 0.5) is 0 Å². The minimum absolute atomic E-state index is 0.119. The molecule has 5 heteroatoms. The number of benzene rings is 1. The number of carbonyl (C=O) groups is 1. The van der Waals surface area contributed by atoms with Crippen LogP contribution in [0.1, 0.15) is 34.6 Å². The highest BCUT2D eigenvalue weighted by atomic mass is 79.9. The van der Waals surface area contributed by atoms with E-state index < -0.39 is 0 Å². The first-order valence-corrected chi connectivity index (χ1v) is 8.09. The van der Waals surface area contributed by atoms with E-state index in [0.29, 0.717) is 17.0 Å². The van der Waals surface area contributed by atoms with E-state index in [1.165, 1.54) is 11.1 Å². The first-order chi connectivity index (χ1) is 10.5. The number of amides is 1. The van der Waals surface area contributed by atoms with Gasteiger partial charge in [-0.15, -0.1) is 0 Å². The number of nitrogens with one attached hydrogen (secondary N) is 1. The van der Waals surface area contributed by atoms with Crippen molar-refractivity contribution >= 4 is 21.8 Å². The highest BCUT2D eigenvalue weighted by Crippen LogP contribution is 2.19. The molecule has 0 aliphatic heterocycles.